The summed E-state index contributed by atoms with van der Waals surface area (Å²) in [5.41, 5.74) is 8.04. The third kappa shape index (κ3) is 3.39. The van der Waals surface area contributed by atoms with E-state index in [1.807, 2.05) is 37.3 Å². The van der Waals surface area contributed by atoms with Crippen LogP contribution in [0.5, 0.6) is 5.75 Å². The highest BCUT2D eigenvalue weighted by molar-refractivity contribution is 5.50. The average Bonchev–Trinajstić information content (AvgIpc) is 2.43. The lowest BCUT2D eigenvalue weighted by Gasteiger charge is -2.23. The molecule has 4 heteroatoms. The number of nitrogen functional groups attached to an aromatic ring is 1. The Hall–Kier alpha value is -2.20. The average molecular weight is 258 g/mol. The Balaban J connectivity index is 2.24. The van der Waals surface area contributed by atoms with Crippen molar-refractivity contribution >= 4 is 11.4 Å². The molecule has 0 amide bonds. The molecule has 19 heavy (non-hydrogen) atoms. The molecule has 4 nitrogen and oxygen atoms in total. The van der Waals surface area contributed by atoms with Crippen LogP contribution in [0.25, 0.3) is 0 Å². The largest absolute Gasteiger partial charge is 0.508 e. The van der Waals surface area contributed by atoms with Crippen molar-refractivity contribution in [1.82, 2.24) is 0 Å². The van der Waals surface area contributed by atoms with Crippen molar-refractivity contribution in [1.29, 1.82) is 0 Å². The second-order valence-electron chi connectivity index (χ2n) is 4.18. The van der Waals surface area contributed by atoms with E-state index < -0.39 is 0 Å². The number of para-hydroxylation sites is 1. The quantitative estimate of drug-likeness (QED) is 0.492. The van der Waals surface area contributed by atoms with Crippen LogP contribution in [0.3, 0.4) is 0 Å². The molecule has 0 radical (unpaired) electrons. The second-order valence-corrected chi connectivity index (χ2v) is 4.18. The fourth-order valence-corrected chi connectivity index (χ4v) is 1.85. The maximum absolute atomic E-state index is 9.86. The number of phenolic OH excluding ortho intramolecular Hbond substituents is 1. The number of nitrogens with two attached hydrogens (primary N) is 1. The molecule has 0 aromatic heterocycles. The van der Waals surface area contributed by atoms with Crippen molar-refractivity contribution in [2.75, 3.05) is 17.4 Å². The van der Waals surface area contributed by atoms with Crippen molar-refractivity contribution in [2.45, 2.75) is 13.5 Å². The number of benzene rings is 2. The standard InChI is InChI=1S/C15H18N2O2/c1-2-19-17(14-6-4-3-5-7-14)11-12-10-13(16)8-9-15(12)18/h3-10,18H,2,11,16H2,1H3. The number of nitrogens with zero attached hydrogens (tertiary/aromatic N) is 1. The summed E-state index contributed by atoms with van der Waals surface area (Å²) in [6, 6.07) is 14.8. The summed E-state index contributed by atoms with van der Waals surface area (Å²) in [5.74, 6) is 0.217. The first-order valence-corrected chi connectivity index (χ1v) is 6.23. The first kappa shape index (κ1) is 13.2. The molecule has 0 saturated carbocycles. The summed E-state index contributed by atoms with van der Waals surface area (Å²) in [4.78, 5) is 5.61. The first-order chi connectivity index (χ1) is 9.20. The fraction of sp³-hybridized carbons (Fsp3) is 0.200. The van der Waals surface area contributed by atoms with Crippen LogP contribution in [0.4, 0.5) is 11.4 Å². The van der Waals surface area contributed by atoms with Gasteiger partial charge in [0.1, 0.15) is 5.75 Å². The highest BCUT2D eigenvalue weighted by Crippen LogP contribution is 2.24. The van der Waals surface area contributed by atoms with E-state index in [-0.39, 0.29) is 5.75 Å². The van der Waals surface area contributed by atoms with E-state index in [0.29, 0.717) is 18.8 Å². The van der Waals surface area contributed by atoms with Crippen LogP contribution in [0, 0.1) is 0 Å². The SMILES string of the molecule is CCON(Cc1cc(N)ccc1O)c1ccccc1. The van der Waals surface area contributed by atoms with Gasteiger partial charge in [-0.1, -0.05) is 18.2 Å². The topological polar surface area (TPSA) is 58.7 Å². The molecule has 2 aromatic rings. The van der Waals surface area contributed by atoms with Gasteiger partial charge in [-0.3, -0.25) is 4.84 Å². The highest BCUT2D eigenvalue weighted by atomic mass is 16.7. The van der Waals surface area contributed by atoms with E-state index in [1.165, 1.54) is 0 Å². The van der Waals surface area contributed by atoms with Crippen molar-refractivity contribution in [3.05, 3.63) is 54.1 Å². The first-order valence-electron chi connectivity index (χ1n) is 6.23. The lowest BCUT2D eigenvalue weighted by Crippen LogP contribution is -2.23. The number of aromatic hydroxyl groups is 1. The zero-order valence-electron chi connectivity index (χ0n) is 10.9. The lowest BCUT2D eigenvalue weighted by atomic mass is 10.1. The molecule has 2 rings (SSSR count). The molecule has 0 heterocycles. The van der Waals surface area contributed by atoms with E-state index in [1.54, 1.807) is 23.3 Å². The molecule has 2 aromatic carbocycles. The van der Waals surface area contributed by atoms with Gasteiger partial charge in [-0.25, -0.2) is 5.06 Å². The van der Waals surface area contributed by atoms with Gasteiger partial charge in [0.15, 0.2) is 0 Å². The van der Waals surface area contributed by atoms with Crippen molar-refractivity contribution in [2.24, 2.45) is 0 Å². The molecular weight excluding hydrogens is 240 g/mol. The van der Waals surface area contributed by atoms with Gasteiger partial charge in [0, 0.05) is 11.3 Å². The summed E-state index contributed by atoms with van der Waals surface area (Å²) < 4.78 is 0. The van der Waals surface area contributed by atoms with Crippen LogP contribution in [-0.2, 0) is 11.4 Å². The summed E-state index contributed by atoms with van der Waals surface area (Å²) in [6.07, 6.45) is 0. The van der Waals surface area contributed by atoms with Crippen LogP contribution in [0.15, 0.2) is 48.5 Å². The minimum atomic E-state index is 0.217. The zero-order valence-corrected chi connectivity index (χ0v) is 10.9. The molecule has 0 bridgehead atoms. The molecule has 0 aliphatic rings. The van der Waals surface area contributed by atoms with E-state index in [9.17, 15) is 5.11 Å². The predicted molar refractivity (Wildman–Crippen MR) is 76.8 cm³/mol. The van der Waals surface area contributed by atoms with Crippen LogP contribution < -0.4 is 10.8 Å². The van der Waals surface area contributed by atoms with Crippen LogP contribution in [0.2, 0.25) is 0 Å². The fourth-order valence-electron chi connectivity index (χ4n) is 1.85. The Bertz CT molecular complexity index is 529. The second kappa shape index (κ2) is 6.11. The van der Waals surface area contributed by atoms with Crippen LogP contribution in [-0.4, -0.2) is 11.7 Å². The molecule has 0 unspecified atom stereocenters. The predicted octanol–water partition coefficient (Wildman–Crippen LogP) is 2.93. The van der Waals surface area contributed by atoms with E-state index >= 15 is 0 Å². The zero-order chi connectivity index (χ0) is 13.7. The summed E-state index contributed by atoms with van der Waals surface area (Å²) in [6.45, 7) is 2.92. The molecule has 0 aliphatic heterocycles. The normalized spacial score (nSPS) is 10.4. The summed E-state index contributed by atoms with van der Waals surface area (Å²) in [7, 11) is 0. The van der Waals surface area contributed by atoms with E-state index in [4.69, 9.17) is 10.6 Å². The smallest absolute Gasteiger partial charge is 0.120 e. The highest BCUT2D eigenvalue weighted by Gasteiger charge is 2.10. The third-order valence-electron chi connectivity index (χ3n) is 2.75. The Morgan fingerprint density at radius 3 is 2.58 bits per heavy atom. The third-order valence-corrected chi connectivity index (χ3v) is 2.75. The van der Waals surface area contributed by atoms with Gasteiger partial charge in [0.2, 0.25) is 0 Å². The molecule has 0 atom stereocenters. The molecule has 0 saturated heterocycles. The van der Waals surface area contributed by atoms with Gasteiger partial charge in [0.25, 0.3) is 0 Å². The van der Waals surface area contributed by atoms with Crippen molar-refractivity contribution in [3.63, 3.8) is 0 Å². The Morgan fingerprint density at radius 1 is 1.16 bits per heavy atom. The molecule has 0 fully saturated rings. The number of hydrogen-bond acceptors (Lipinski definition) is 4. The van der Waals surface area contributed by atoms with Crippen LogP contribution in [0.1, 0.15) is 12.5 Å². The van der Waals surface area contributed by atoms with Gasteiger partial charge >= 0.3 is 0 Å². The Labute approximate surface area is 113 Å². The van der Waals surface area contributed by atoms with Crippen molar-refractivity contribution < 1.29 is 9.94 Å². The molecular formula is C15H18N2O2. The minimum Gasteiger partial charge on any atom is -0.508 e. The van der Waals surface area contributed by atoms with Gasteiger partial charge in [0.05, 0.1) is 18.8 Å². The molecule has 0 spiro atoms. The minimum absolute atomic E-state index is 0.217. The summed E-state index contributed by atoms with van der Waals surface area (Å²) >= 11 is 0. The van der Waals surface area contributed by atoms with Gasteiger partial charge in [-0.2, -0.15) is 0 Å². The molecule has 100 valence electrons. The Morgan fingerprint density at radius 2 is 1.89 bits per heavy atom. The van der Waals surface area contributed by atoms with Gasteiger partial charge in [-0.15, -0.1) is 0 Å². The molecule has 3 N–H and O–H groups in total. The molecule has 0 aliphatic carbocycles. The number of phenols is 1. The Kier molecular flexibility index (Phi) is 4.26. The van der Waals surface area contributed by atoms with Crippen LogP contribution >= 0.6 is 0 Å². The number of hydrogen-bond donors (Lipinski definition) is 2. The van der Waals surface area contributed by atoms with Gasteiger partial charge in [-0.05, 0) is 37.3 Å². The van der Waals surface area contributed by atoms with E-state index in [2.05, 4.69) is 0 Å². The van der Waals surface area contributed by atoms with Crippen molar-refractivity contribution in [3.8, 4) is 5.75 Å². The van der Waals surface area contributed by atoms with E-state index in [0.717, 1.165) is 11.3 Å². The lowest BCUT2D eigenvalue weighted by molar-refractivity contribution is 0.116. The number of anilines is 2. The monoisotopic (exact) mass is 258 g/mol. The maximum atomic E-state index is 9.86. The summed E-state index contributed by atoms with van der Waals surface area (Å²) in [5, 5.41) is 11.6. The number of hydroxylamine groups is 1. The number of rotatable bonds is 5. The van der Waals surface area contributed by atoms with Gasteiger partial charge < -0.3 is 10.8 Å². The maximum Gasteiger partial charge on any atom is 0.120 e.